The molecule has 0 fully saturated rings. The van der Waals surface area contributed by atoms with Crippen LogP contribution in [-0.4, -0.2) is 23.5 Å². The number of aliphatic carboxylic acids is 1. The fourth-order valence-corrected chi connectivity index (χ4v) is 5.37. The van der Waals surface area contributed by atoms with Gasteiger partial charge in [-0.2, -0.15) is 0 Å². The highest BCUT2D eigenvalue weighted by Gasteiger charge is 2.11. The SMILES string of the molecule is CCNC(=O)Cc1ccsc1-c1ccc(Cl)cc1.O=C(O)Cc1ccsc1-c1ccc(Cl)cc1. The molecule has 4 nitrogen and oxygen atoms in total. The van der Waals surface area contributed by atoms with E-state index in [0.717, 1.165) is 37.0 Å². The number of carboxylic acid groups (broad SMARTS) is 1. The van der Waals surface area contributed by atoms with Crippen molar-refractivity contribution in [1.82, 2.24) is 5.32 Å². The summed E-state index contributed by atoms with van der Waals surface area (Å²) in [6.45, 7) is 2.59. The molecule has 0 bridgehead atoms. The van der Waals surface area contributed by atoms with E-state index in [1.165, 1.54) is 0 Å². The summed E-state index contributed by atoms with van der Waals surface area (Å²) in [7, 11) is 0. The Labute approximate surface area is 216 Å². The van der Waals surface area contributed by atoms with Gasteiger partial charge in [-0.25, -0.2) is 0 Å². The van der Waals surface area contributed by atoms with Crippen LogP contribution in [0.3, 0.4) is 0 Å². The molecular weight excluding hydrogens is 509 g/mol. The Bertz CT molecular complexity index is 1230. The van der Waals surface area contributed by atoms with Gasteiger partial charge < -0.3 is 10.4 Å². The van der Waals surface area contributed by atoms with E-state index in [1.54, 1.807) is 34.8 Å². The van der Waals surface area contributed by atoms with Crippen molar-refractivity contribution in [3.05, 3.63) is 92.6 Å². The van der Waals surface area contributed by atoms with Gasteiger partial charge in [-0.15, -0.1) is 22.7 Å². The largest absolute Gasteiger partial charge is 0.481 e. The number of carboxylic acids is 1. The topological polar surface area (TPSA) is 66.4 Å². The number of carbonyl (C=O) groups is 2. The maximum absolute atomic E-state index is 11.6. The minimum atomic E-state index is -0.811. The predicted octanol–water partition coefficient (Wildman–Crippen LogP) is 7.44. The Hall–Kier alpha value is -2.64. The van der Waals surface area contributed by atoms with Crippen LogP contribution in [-0.2, 0) is 22.4 Å². The van der Waals surface area contributed by atoms with Crippen LogP contribution in [0.25, 0.3) is 20.9 Å². The highest BCUT2D eigenvalue weighted by Crippen LogP contribution is 2.31. The van der Waals surface area contributed by atoms with Gasteiger partial charge in [0.05, 0.1) is 12.8 Å². The Balaban J connectivity index is 0.000000192. The second-order valence-corrected chi connectivity index (χ2v) is 9.97. The first kappa shape index (κ1) is 26.0. The molecule has 4 aromatic rings. The minimum Gasteiger partial charge on any atom is -0.481 e. The van der Waals surface area contributed by atoms with E-state index >= 15 is 0 Å². The lowest BCUT2D eigenvalue weighted by Gasteiger charge is -2.04. The molecule has 0 unspecified atom stereocenters. The fourth-order valence-electron chi connectivity index (χ4n) is 3.25. The summed E-state index contributed by atoms with van der Waals surface area (Å²) in [4.78, 5) is 24.4. The first-order chi connectivity index (χ1) is 16.4. The van der Waals surface area contributed by atoms with Crippen LogP contribution in [0.1, 0.15) is 18.1 Å². The van der Waals surface area contributed by atoms with Gasteiger partial charge in [0, 0.05) is 26.3 Å². The number of hydrogen-bond donors (Lipinski definition) is 2. The summed E-state index contributed by atoms with van der Waals surface area (Å²) in [6.07, 6.45) is 0.483. The van der Waals surface area contributed by atoms with Gasteiger partial charge >= 0.3 is 5.97 Å². The minimum absolute atomic E-state index is 0.0570. The predicted molar refractivity (Wildman–Crippen MR) is 143 cm³/mol. The van der Waals surface area contributed by atoms with Gasteiger partial charge in [-0.1, -0.05) is 47.5 Å². The van der Waals surface area contributed by atoms with Crippen LogP contribution < -0.4 is 5.32 Å². The van der Waals surface area contributed by atoms with Crippen LogP contribution in [0.15, 0.2) is 71.4 Å². The monoisotopic (exact) mass is 531 g/mol. The van der Waals surface area contributed by atoms with Gasteiger partial charge in [0.2, 0.25) is 5.91 Å². The lowest BCUT2D eigenvalue weighted by atomic mass is 10.1. The van der Waals surface area contributed by atoms with Gasteiger partial charge in [0.25, 0.3) is 0 Å². The Morgan fingerprint density at radius 3 is 1.62 bits per heavy atom. The second kappa shape index (κ2) is 12.7. The molecule has 4 rings (SSSR count). The zero-order chi connectivity index (χ0) is 24.5. The number of thiophene rings is 2. The van der Waals surface area contributed by atoms with Gasteiger partial charge in [0.15, 0.2) is 0 Å². The third-order valence-electron chi connectivity index (χ3n) is 4.77. The molecule has 2 aromatic heterocycles. The maximum atomic E-state index is 11.6. The summed E-state index contributed by atoms with van der Waals surface area (Å²) < 4.78 is 0. The lowest BCUT2D eigenvalue weighted by Crippen LogP contribution is -2.24. The molecule has 8 heteroatoms. The van der Waals surface area contributed by atoms with E-state index < -0.39 is 5.97 Å². The van der Waals surface area contributed by atoms with E-state index in [9.17, 15) is 9.59 Å². The number of likely N-dealkylation sites (N-methyl/N-ethyl adjacent to an activating group) is 1. The van der Waals surface area contributed by atoms with Gasteiger partial charge in [0.1, 0.15) is 0 Å². The van der Waals surface area contributed by atoms with Gasteiger partial charge in [-0.3, -0.25) is 9.59 Å². The van der Waals surface area contributed by atoms with Crippen LogP contribution in [0.5, 0.6) is 0 Å². The summed E-state index contributed by atoms with van der Waals surface area (Å²) in [5, 5.41) is 16.9. The average molecular weight is 533 g/mol. The average Bonchev–Trinajstić information content (AvgIpc) is 3.45. The summed E-state index contributed by atoms with van der Waals surface area (Å²) >= 11 is 14.9. The number of nitrogens with one attached hydrogen (secondary N) is 1. The van der Waals surface area contributed by atoms with Crippen LogP contribution in [0.4, 0.5) is 0 Å². The molecule has 0 saturated heterocycles. The molecule has 2 N–H and O–H groups in total. The van der Waals surface area contributed by atoms with Crippen LogP contribution in [0, 0.1) is 0 Å². The van der Waals surface area contributed by atoms with Gasteiger partial charge in [-0.05, 0) is 76.3 Å². The highest BCUT2D eigenvalue weighted by atomic mass is 35.5. The third kappa shape index (κ3) is 7.43. The third-order valence-corrected chi connectivity index (χ3v) is 7.29. The van der Waals surface area contributed by atoms with E-state index in [0.29, 0.717) is 18.0 Å². The number of amides is 1. The quantitative estimate of drug-likeness (QED) is 0.260. The van der Waals surface area contributed by atoms with Crippen molar-refractivity contribution in [2.45, 2.75) is 19.8 Å². The molecule has 0 saturated carbocycles. The Morgan fingerprint density at radius 1 is 0.765 bits per heavy atom. The fraction of sp³-hybridized carbons (Fsp3) is 0.154. The van der Waals surface area contributed by atoms with Crippen molar-refractivity contribution < 1.29 is 14.7 Å². The Morgan fingerprint density at radius 2 is 1.21 bits per heavy atom. The van der Waals surface area contributed by atoms with Crippen molar-refractivity contribution in [3.8, 4) is 20.9 Å². The van der Waals surface area contributed by atoms with Crippen molar-refractivity contribution in [2.75, 3.05) is 6.54 Å². The van der Waals surface area contributed by atoms with Crippen molar-refractivity contribution in [2.24, 2.45) is 0 Å². The standard InChI is InChI=1S/C14H14ClNOS.C12H9ClO2S/c1-2-16-13(17)9-11-7-8-18-14(11)10-3-5-12(15)6-4-10;13-10-3-1-8(2-4-10)12-9(5-6-16-12)7-11(14)15/h3-8H,2,9H2,1H3,(H,16,17);1-6H,7H2,(H,14,15). The normalized spacial score (nSPS) is 10.3. The van der Waals surface area contributed by atoms with Crippen molar-refractivity contribution >= 4 is 57.8 Å². The molecule has 2 aromatic carbocycles. The zero-order valence-corrected chi connectivity index (χ0v) is 21.5. The molecule has 0 spiro atoms. The van der Waals surface area contributed by atoms with Crippen molar-refractivity contribution in [3.63, 3.8) is 0 Å². The van der Waals surface area contributed by atoms with Crippen LogP contribution >= 0.6 is 45.9 Å². The molecule has 0 aliphatic heterocycles. The summed E-state index contributed by atoms with van der Waals surface area (Å²) in [5.74, 6) is -0.750. The number of rotatable bonds is 7. The van der Waals surface area contributed by atoms with E-state index in [-0.39, 0.29) is 12.3 Å². The van der Waals surface area contributed by atoms with E-state index in [4.69, 9.17) is 28.3 Å². The van der Waals surface area contributed by atoms with Crippen molar-refractivity contribution in [1.29, 1.82) is 0 Å². The highest BCUT2D eigenvalue weighted by molar-refractivity contribution is 7.14. The summed E-state index contributed by atoms with van der Waals surface area (Å²) in [6, 6.07) is 19.0. The van der Waals surface area contributed by atoms with E-state index in [2.05, 4.69) is 5.32 Å². The maximum Gasteiger partial charge on any atom is 0.307 e. The number of halogens is 2. The second-order valence-electron chi connectivity index (χ2n) is 7.26. The first-order valence-electron chi connectivity index (χ1n) is 10.5. The molecule has 0 aliphatic rings. The zero-order valence-electron chi connectivity index (χ0n) is 18.4. The Kier molecular flexibility index (Phi) is 9.72. The smallest absolute Gasteiger partial charge is 0.307 e. The molecule has 0 aliphatic carbocycles. The number of hydrogen-bond acceptors (Lipinski definition) is 4. The van der Waals surface area contributed by atoms with E-state index in [1.807, 2.05) is 66.2 Å². The molecule has 34 heavy (non-hydrogen) atoms. The molecular formula is C26H23Cl2NO3S2. The molecule has 0 atom stereocenters. The summed E-state index contributed by atoms with van der Waals surface area (Å²) in [5.41, 5.74) is 4.03. The molecule has 0 radical (unpaired) electrons. The molecule has 1 amide bonds. The van der Waals surface area contributed by atoms with Crippen LogP contribution in [0.2, 0.25) is 10.0 Å². The first-order valence-corrected chi connectivity index (χ1v) is 13.0. The number of benzene rings is 2. The lowest BCUT2D eigenvalue weighted by molar-refractivity contribution is -0.136. The molecule has 2 heterocycles. The molecule has 176 valence electrons. The number of carbonyl (C=O) groups excluding carboxylic acids is 1.